The number of nitrogens with zero attached hydrogens (tertiary/aromatic N) is 2. The number of aromatic nitrogens is 3. The molecule has 2 fully saturated rings. The number of phenols is 2. The number of aromatic amines is 2. The fourth-order valence-electron chi connectivity index (χ4n) is 10.9. The van der Waals surface area contributed by atoms with E-state index in [4.69, 9.17) is 15.2 Å². The Morgan fingerprint density at radius 3 is 2.59 bits per heavy atom. The number of ether oxygens (including phenoxy) is 2. The first-order chi connectivity index (χ1) is 31.7. The summed E-state index contributed by atoms with van der Waals surface area (Å²) in [7, 11) is 0. The second-order valence-corrected chi connectivity index (χ2v) is 17.8. The number of benzene rings is 3. The predicted octanol–water partition coefficient (Wildman–Crippen LogP) is 2.50. The first-order valence-electron chi connectivity index (χ1n) is 22.1. The number of hydrogen-bond acceptors (Lipinski definition) is 14. The van der Waals surface area contributed by atoms with Crippen LogP contribution in [0, 0.1) is 5.92 Å². The van der Waals surface area contributed by atoms with Crippen LogP contribution in [-0.2, 0) is 39.0 Å². The number of nitrogens with one attached hydrogen (secondary N) is 3. The van der Waals surface area contributed by atoms with Crippen LogP contribution >= 0.6 is 0 Å². The zero-order chi connectivity index (χ0) is 46.5. The fraction of sp³-hybridized carbons (Fsp3) is 0.396. The van der Waals surface area contributed by atoms with Gasteiger partial charge in [-0.1, -0.05) is 30.3 Å². The lowest BCUT2D eigenvalue weighted by Crippen LogP contribution is -2.67. The molecule has 2 aliphatic carbocycles. The van der Waals surface area contributed by atoms with E-state index in [-0.39, 0.29) is 35.4 Å². The van der Waals surface area contributed by atoms with E-state index in [1.807, 2.05) is 36.5 Å². The van der Waals surface area contributed by atoms with Gasteiger partial charge < -0.3 is 71.3 Å². The average molecular weight is 907 g/mol. The molecule has 10 atom stereocenters. The average Bonchev–Trinajstić information content (AvgIpc) is 4.12. The van der Waals surface area contributed by atoms with Crippen molar-refractivity contribution in [1.29, 1.82) is 0 Å². The van der Waals surface area contributed by atoms with Gasteiger partial charge in [-0.3, -0.25) is 9.69 Å². The zero-order valence-electron chi connectivity index (χ0n) is 35.8. The van der Waals surface area contributed by atoms with Crippen molar-refractivity contribution < 1.29 is 59.9 Å². The summed E-state index contributed by atoms with van der Waals surface area (Å²) in [5.74, 6) is -6.33. The van der Waals surface area contributed by atoms with Gasteiger partial charge in [0.2, 0.25) is 0 Å². The van der Waals surface area contributed by atoms with Crippen LogP contribution in [0.3, 0.4) is 0 Å². The van der Waals surface area contributed by atoms with Crippen LogP contribution in [-0.4, -0.2) is 123 Å². The molecule has 13 N–H and O–H groups in total. The lowest BCUT2D eigenvalue weighted by atomic mass is 9.59. The molecule has 66 heavy (non-hydrogen) atoms. The minimum Gasteiger partial charge on any atom is -0.508 e. The Hall–Kier alpha value is -6.25. The normalized spacial score (nSPS) is 29.1. The van der Waals surface area contributed by atoms with E-state index in [2.05, 4.69) is 26.3 Å². The van der Waals surface area contributed by atoms with Crippen molar-refractivity contribution in [3.8, 4) is 17.2 Å². The Labute approximate surface area is 379 Å². The number of imidazole rings is 1. The van der Waals surface area contributed by atoms with Crippen molar-refractivity contribution in [2.24, 2.45) is 11.7 Å². The summed E-state index contributed by atoms with van der Waals surface area (Å²) >= 11 is 0. The van der Waals surface area contributed by atoms with Crippen LogP contribution < -0.4 is 20.7 Å². The molecule has 1 amide bonds. The van der Waals surface area contributed by atoms with Crippen molar-refractivity contribution in [2.45, 2.75) is 98.8 Å². The number of nitrogens with two attached hydrogens (primary N) is 1. The van der Waals surface area contributed by atoms with Gasteiger partial charge in [-0.05, 0) is 96.7 Å². The second kappa shape index (κ2) is 17.9. The highest BCUT2D eigenvalue weighted by Crippen LogP contribution is 2.59. The molecule has 18 nitrogen and oxygen atoms in total. The van der Waals surface area contributed by atoms with Crippen LogP contribution in [0.2, 0.25) is 0 Å². The lowest BCUT2D eigenvalue weighted by Gasteiger charge is -2.46. The molecular weight excluding hydrogens is 853 g/mol. The van der Waals surface area contributed by atoms with E-state index < -0.39 is 77.7 Å². The molecule has 0 bridgehead atoms. The summed E-state index contributed by atoms with van der Waals surface area (Å²) in [4.78, 5) is 40.2. The number of anilines is 2. The number of rotatable bonds is 14. The molecular formula is C48H54N6O12. The number of aliphatic hydroxyl groups is 5. The van der Waals surface area contributed by atoms with Gasteiger partial charge in [0.1, 0.15) is 35.9 Å². The molecule has 9 rings (SSSR count). The van der Waals surface area contributed by atoms with Crippen molar-refractivity contribution >= 4 is 29.5 Å². The number of carboxylic acids is 1. The molecule has 10 unspecified atom stereocenters. The Morgan fingerprint density at radius 2 is 1.82 bits per heavy atom. The summed E-state index contributed by atoms with van der Waals surface area (Å²) in [6.45, 7) is -0.285. The number of amides is 1. The van der Waals surface area contributed by atoms with Crippen LogP contribution in [0.4, 0.5) is 11.5 Å². The fourth-order valence-corrected chi connectivity index (χ4v) is 10.9. The number of carbonyl (C=O) groups is 2. The van der Waals surface area contributed by atoms with Gasteiger partial charge in [-0.25, -0.2) is 9.78 Å². The molecule has 2 aromatic heterocycles. The summed E-state index contributed by atoms with van der Waals surface area (Å²) in [6.07, 6.45) is 2.64. The Kier molecular flexibility index (Phi) is 12.2. The molecule has 2 aliphatic heterocycles. The monoisotopic (exact) mass is 906 g/mol. The number of carbonyl (C=O) groups excluding carboxylic acids is 1. The van der Waals surface area contributed by atoms with Crippen LogP contribution in [0.15, 0.2) is 85.3 Å². The van der Waals surface area contributed by atoms with Crippen LogP contribution in [0.25, 0.3) is 6.08 Å². The molecule has 348 valence electrons. The first kappa shape index (κ1) is 44.9. The molecule has 5 aromatic rings. The smallest absolute Gasteiger partial charge is 0.355 e. The first-order valence-corrected chi connectivity index (χ1v) is 22.1. The van der Waals surface area contributed by atoms with Gasteiger partial charge in [0.25, 0.3) is 5.91 Å². The highest BCUT2D eigenvalue weighted by molar-refractivity contribution is 6.10. The van der Waals surface area contributed by atoms with Crippen molar-refractivity contribution in [2.75, 3.05) is 23.4 Å². The number of phenolic OH excluding ortho intramolecular Hbond substituents is 2. The summed E-state index contributed by atoms with van der Waals surface area (Å²) in [6, 6.07) is 17.2. The van der Waals surface area contributed by atoms with E-state index >= 15 is 0 Å². The minimum absolute atomic E-state index is 0.00980. The highest BCUT2D eigenvalue weighted by Gasteiger charge is 2.58. The van der Waals surface area contributed by atoms with Gasteiger partial charge in [-0.2, -0.15) is 0 Å². The SMILES string of the molecule is NC1CCC2CCc3ccccc3C12CC1c2cc(O)c(OC3(O)OC(CO)C(O)C(O)C3O)cc2N(C(=O)C=Cc2ccc(O)c(Cc3[nH]cnc3CCNc3ccc[nH]3)c2)C1C(=O)O. The number of aryl methyl sites for hydroxylation is 1. The van der Waals surface area contributed by atoms with Gasteiger partial charge in [0.05, 0.1) is 24.3 Å². The third-order valence-electron chi connectivity index (χ3n) is 14.1. The van der Waals surface area contributed by atoms with E-state index in [9.17, 15) is 50.4 Å². The predicted molar refractivity (Wildman–Crippen MR) is 239 cm³/mol. The van der Waals surface area contributed by atoms with Gasteiger partial charge >= 0.3 is 11.9 Å². The molecule has 18 heteroatoms. The Morgan fingerprint density at radius 1 is 1.00 bits per heavy atom. The molecule has 3 aromatic carbocycles. The number of fused-ring (bicyclic) bond motifs is 4. The van der Waals surface area contributed by atoms with E-state index in [1.54, 1.807) is 18.5 Å². The zero-order valence-corrected chi connectivity index (χ0v) is 35.8. The summed E-state index contributed by atoms with van der Waals surface area (Å²) in [5, 5.41) is 89.7. The number of aliphatic carboxylic acids is 1. The number of H-pyrrole nitrogens is 2. The largest absolute Gasteiger partial charge is 0.508 e. The molecule has 1 saturated carbocycles. The maximum absolute atomic E-state index is 14.7. The molecule has 4 heterocycles. The van der Waals surface area contributed by atoms with Crippen LogP contribution in [0.1, 0.15) is 70.8 Å². The lowest BCUT2D eigenvalue weighted by molar-refractivity contribution is -0.422. The molecule has 1 saturated heterocycles. The van der Waals surface area contributed by atoms with Crippen molar-refractivity contribution in [3.63, 3.8) is 0 Å². The van der Waals surface area contributed by atoms with Crippen LogP contribution in [0.5, 0.6) is 17.2 Å². The topological polar surface area (TPSA) is 300 Å². The van der Waals surface area contributed by atoms with Crippen molar-refractivity contribution in [1.82, 2.24) is 15.0 Å². The van der Waals surface area contributed by atoms with E-state index in [0.29, 0.717) is 36.9 Å². The maximum Gasteiger partial charge on any atom is 0.355 e. The Bertz CT molecular complexity index is 2620. The quantitative estimate of drug-likeness (QED) is 0.0563. The maximum atomic E-state index is 14.7. The third-order valence-corrected chi connectivity index (χ3v) is 14.1. The molecule has 0 radical (unpaired) electrons. The molecule has 4 aliphatic rings. The number of aliphatic hydroxyl groups excluding tert-OH is 4. The van der Waals surface area contributed by atoms with E-state index in [0.717, 1.165) is 58.6 Å². The number of hydrogen-bond donors (Lipinski definition) is 12. The summed E-state index contributed by atoms with van der Waals surface area (Å²) in [5.41, 5.74) is 11.5. The Balaban J connectivity index is 1.06. The van der Waals surface area contributed by atoms with Gasteiger partial charge in [0, 0.05) is 66.4 Å². The van der Waals surface area contributed by atoms with E-state index in [1.165, 1.54) is 24.3 Å². The second-order valence-electron chi connectivity index (χ2n) is 17.8. The van der Waals surface area contributed by atoms with Gasteiger partial charge in [0.15, 0.2) is 17.6 Å². The number of carboxylic acid groups (broad SMARTS) is 1. The highest BCUT2D eigenvalue weighted by atomic mass is 16.8. The summed E-state index contributed by atoms with van der Waals surface area (Å²) < 4.78 is 10.9. The number of aromatic hydroxyl groups is 2. The molecule has 0 spiro atoms. The standard InChI is InChI=1S/C48H54N6O12/c49-39-13-11-28-10-9-26-4-1-2-5-31(26)47(28,39)22-30-29-20-36(57)37(65-48(64)45(61)44(60)43(59)38(23-55)66-48)21-34(29)54(42(30)46(62)63)41(58)14-8-25-7-12-35(56)27(18-25)19-33-32(52-24-53-33)15-17-51-40-6-3-16-50-40/h1-8,12,14,16,18,20-21,24,28,30,38-39,42-45,50-51,55-57,59-61,64H,9-11,13,15,17,19,22-23,49H2,(H,52,53)(H,62,63). The van der Waals surface area contributed by atoms with Gasteiger partial charge in [-0.15, -0.1) is 0 Å². The van der Waals surface area contributed by atoms with Crippen molar-refractivity contribution in [3.05, 3.63) is 125 Å². The minimum atomic E-state index is -3.13. The third kappa shape index (κ3) is 7.97.